The Morgan fingerprint density at radius 2 is 0.951 bits per heavy atom. The van der Waals surface area contributed by atoms with Gasteiger partial charge in [-0.1, -0.05) is 115 Å². The van der Waals surface area contributed by atoms with Gasteiger partial charge in [-0.25, -0.2) is 9.97 Å². The Bertz CT molecular complexity index is 3230. The van der Waals surface area contributed by atoms with Gasteiger partial charge in [0.1, 0.15) is 5.82 Å². The Morgan fingerprint density at radius 3 is 1.59 bits per heavy atom. The molecule has 0 aliphatic carbocycles. The number of aromatic nitrogens is 3. The molecule has 8 aromatic carbocycles. The minimum absolute atomic E-state index is 0.760. The van der Waals surface area contributed by atoms with Gasteiger partial charge >= 0.3 is 0 Å². The van der Waals surface area contributed by atoms with Crippen molar-refractivity contribution in [1.82, 2.24) is 14.5 Å². The number of para-hydroxylation sites is 2. The van der Waals surface area contributed by atoms with Crippen molar-refractivity contribution in [3.05, 3.63) is 217 Å². The van der Waals surface area contributed by atoms with Crippen LogP contribution in [-0.4, -0.2) is 14.5 Å². The van der Waals surface area contributed by atoms with Crippen molar-refractivity contribution in [3.8, 4) is 28.2 Å². The maximum atomic E-state index is 4.99. The summed E-state index contributed by atoms with van der Waals surface area (Å²) in [5, 5.41) is 2.51. The van der Waals surface area contributed by atoms with E-state index in [4.69, 9.17) is 9.97 Å². The normalized spacial score (nSPS) is 13.5. The third-order valence-corrected chi connectivity index (χ3v) is 16.1. The Morgan fingerprint density at radius 1 is 0.410 bits per heavy atom. The molecule has 11 rings (SSSR count). The minimum Gasteiger partial charge on any atom is -0.309 e. The molecule has 0 fully saturated rings. The van der Waals surface area contributed by atoms with Crippen molar-refractivity contribution in [1.29, 1.82) is 0 Å². The largest absolute Gasteiger partial charge is 0.309 e. The van der Waals surface area contributed by atoms with Crippen LogP contribution in [0.2, 0.25) is 0 Å². The molecule has 1 aliphatic heterocycles. The second-order valence-electron chi connectivity index (χ2n) is 16.1. The van der Waals surface area contributed by atoms with E-state index in [0.717, 1.165) is 45.3 Å². The molecule has 0 unspecified atom stereocenters. The Balaban J connectivity index is 1.15. The summed E-state index contributed by atoms with van der Waals surface area (Å²) in [4.78, 5) is 17.6. The first-order chi connectivity index (χ1) is 29.9. The van der Waals surface area contributed by atoms with Crippen molar-refractivity contribution in [2.45, 2.75) is 47.3 Å². The van der Waals surface area contributed by atoms with Crippen LogP contribution >= 0.6 is 10.0 Å². The average molecular weight is 805 g/mol. The van der Waals surface area contributed by atoms with Crippen LogP contribution in [0.3, 0.4) is 0 Å². The SMILES string of the molecule is Cc1ccc2c(c1)S(c1ccccc1)(c1ccc3c4ccccc4n(-c4ccccc4)c3c1)c1cc(C)ccc1N2c1ccc(-c2nc(C)nc(-c3ccccc3)c2C)cc1. The Kier molecular flexibility index (Phi) is 8.76. The Hall–Kier alpha value is -7.21. The van der Waals surface area contributed by atoms with Crippen LogP contribution in [0.4, 0.5) is 17.1 Å². The van der Waals surface area contributed by atoms with Crippen molar-refractivity contribution >= 4 is 48.9 Å². The predicted octanol–water partition coefficient (Wildman–Crippen LogP) is 15.3. The summed E-state index contributed by atoms with van der Waals surface area (Å²) in [5.41, 5.74) is 14.7. The highest BCUT2D eigenvalue weighted by molar-refractivity contribution is 8.34. The summed E-state index contributed by atoms with van der Waals surface area (Å²) in [7, 11) is -2.05. The molecular formula is C56H44N4S. The first-order valence-corrected chi connectivity index (χ1v) is 22.5. The fraction of sp³-hybridized carbons (Fsp3) is 0.0714. The minimum atomic E-state index is -2.05. The molecule has 10 aromatic rings. The number of hydrogen-bond donors (Lipinski definition) is 0. The van der Waals surface area contributed by atoms with E-state index in [1.807, 2.05) is 13.0 Å². The smallest absolute Gasteiger partial charge is 0.126 e. The zero-order valence-electron chi connectivity index (χ0n) is 34.7. The highest BCUT2D eigenvalue weighted by Gasteiger charge is 2.43. The van der Waals surface area contributed by atoms with Gasteiger partial charge in [0.15, 0.2) is 0 Å². The van der Waals surface area contributed by atoms with Crippen molar-refractivity contribution in [2.24, 2.45) is 0 Å². The molecule has 0 atom stereocenters. The van der Waals surface area contributed by atoms with Crippen molar-refractivity contribution in [3.63, 3.8) is 0 Å². The van der Waals surface area contributed by atoms with Gasteiger partial charge in [0.25, 0.3) is 0 Å². The second kappa shape index (κ2) is 14.5. The topological polar surface area (TPSA) is 34.0 Å². The number of rotatable bonds is 6. The van der Waals surface area contributed by atoms with Gasteiger partial charge in [0, 0.05) is 58.4 Å². The maximum absolute atomic E-state index is 4.99. The Labute approximate surface area is 358 Å². The van der Waals surface area contributed by atoms with E-state index < -0.39 is 10.0 Å². The van der Waals surface area contributed by atoms with Crippen LogP contribution in [0.1, 0.15) is 22.5 Å². The first-order valence-electron chi connectivity index (χ1n) is 20.9. The zero-order chi connectivity index (χ0) is 41.2. The quantitative estimate of drug-likeness (QED) is 0.168. The van der Waals surface area contributed by atoms with Crippen LogP contribution in [0.15, 0.2) is 214 Å². The summed E-state index contributed by atoms with van der Waals surface area (Å²) in [6.45, 7) is 8.57. The number of anilines is 3. The molecule has 1 aliphatic rings. The van der Waals surface area contributed by atoms with Gasteiger partial charge in [-0.3, -0.25) is 0 Å². The number of fused-ring (bicyclic) bond motifs is 5. The van der Waals surface area contributed by atoms with E-state index in [2.05, 4.69) is 218 Å². The summed E-state index contributed by atoms with van der Waals surface area (Å²) < 4.78 is 2.45. The lowest BCUT2D eigenvalue weighted by atomic mass is 10.0. The molecule has 0 spiro atoms. The van der Waals surface area contributed by atoms with E-state index >= 15 is 0 Å². The first kappa shape index (κ1) is 36.8. The number of benzene rings is 8. The molecule has 4 nitrogen and oxygen atoms in total. The fourth-order valence-corrected chi connectivity index (χ4v) is 13.8. The molecule has 294 valence electrons. The van der Waals surface area contributed by atoms with E-state index in [-0.39, 0.29) is 0 Å². The predicted molar refractivity (Wildman–Crippen MR) is 254 cm³/mol. The molecule has 2 aromatic heterocycles. The lowest BCUT2D eigenvalue weighted by Crippen LogP contribution is -2.22. The summed E-state index contributed by atoms with van der Waals surface area (Å²) in [5.74, 6) is 0.760. The highest BCUT2D eigenvalue weighted by atomic mass is 32.3. The second-order valence-corrected chi connectivity index (χ2v) is 19.1. The van der Waals surface area contributed by atoms with Gasteiger partial charge in [0.05, 0.1) is 33.8 Å². The van der Waals surface area contributed by atoms with Gasteiger partial charge < -0.3 is 9.47 Å². The molecule has 0 bridgehead atoms. The van der Waals surface area contributed by atoms with Gasteiger partial charge in [0.2, 0.25) is 0 Å². The van der Waals surface area contributed by atoms with E-state index in [1.54, 1.807) is 0 Å². The van der Waals surface area contributed by atoms with Gasteiger partial charge in [-0.2, -0.15) is 0 Å². The van der Waals surface area contributed by atoms with Crippen LogP contribution in [0.5, 0.6) is 0 Å². The number of nitrogens with zero attached hydrogens (tertiary/aromatic N) is 4. The molecule has 61 heavy (non-hydrogen) atoms. The van der Waals surface area contributed by atoms with Gasteiger partial charge in [-0.15, -0.1) is 10.0 Å². The lowest BCUT2D eigenvalue weighted by molar-refractivity contribution is 1.04. The van der Waals surface area contributed by atoms with Crippen LogP contribution in [0, 0.1) is 27.7 Å². The van der Waals surface area contributed by atoms with E-state index in [1.165, 1.54) is 63.9 Å². The molecule has 5 heteroatoms. The number of hydrogen-bond acceptors (Lipinski definition) is 3. The third kappa shape index (κ3) is 5.83. The fourth-order valence-electron chi connectivity index (χ4n) is 9.45. The summed E-state index contributed by atoms with van der Waals surface area (Å²) in [6, 6.07) is 71.7. The van der Waals surface area contributed by atoms with E-state index in [9.17, 15) is 0 Å². The van der Waals surface area contributed by atoms with Crippen LogP contribution in [0.25, 0.3) is 50.0 Å². The molecule has 0 radical (unpaired) electrons. The molecule has 0 amide bonds. The molecule has 0 saturated heterocycles. The highest BCUT2D eigenvalue weighted by Crippen LogP contribution is 2.80. The average Bonchev–Trinajstić information content (AvgIpc) is 3.63. The van der Waals surface area contributed by atoms with Crippen LogP contribution < -0.4 is 4.90 Å². The van der Waals surface area contributed by atoms with Gasteiger partial charge in [-0.05, 0) is 118 Å². The van der Waals surface area contributed by atoms with Crippen molar-refractivity contribution < 1.29 is 0 Å². The van der Waals surface area contributed by atoms with E-state index in [0.29, 0.717) is 0 Å². The lowest BCUT2D eigenvalue weighted by Gasteiger charge is -2.50. The monoisotopic (exact) mass is 804 g/mol. The maximum Gasteiger partial charge on any atom is 0.126 e. The van der Waals surface area contributed by atoms with Crippen molar-refractivity contribution in [2.75, 3.05) is 4.90 Å². The molecular weight excluding hydrogens is 761 g/mol. The molecule has 3 heterocycles. The zero-order valence-corrected chi connectivity index (χ0v) is 35.5. The standard InChI is InChI=1S/C56H44N4S/c1-37-24-32-50-53(34-37)61(45-20-12-7-13-21-45,46-30-31-48-47-22-14-15-23-49(47)59(52(48)36-46)43-18-10-6-11-19-43)54-35-38(2)25-33-51(54)60(50)44-28-26-42(27-29-44)56-39(3)55(57-40(4)58-56)41-16-8-5-9-17-41/h5-36H,1-4H3. The third-order valence-electron chi connectivity index (χ3n) is 12.2. The molecule has 0 saturated carbocycles. The van der Waals surface area contributed by atoms with Crippen LogP contribution in [-0.2, 0) is 0 Å². The summed E-state index contributed by atoms with van der Waals surface area (Å²) in [6.07, 6.45) is 0. The summed E-state index contributed by atoms with van der Waals surface area (Å²) >= 11 is 0. The molecule has 0 N–H and O–H groups in total. The number of aryl methyl sites for hydroxylation is 3.